The average Bonchev–Trinajstić information content (AvgIpc) is 2.36. The second-order valence-corrected chi connectivity index (χ2v) is 5.92. The second kappa shape index (κ2) is 6.63. The average molecular weight is 346 g/mol. The van der Waals surface area contributed by atoms with Crippen LogP contribution >= 0.6 is 11.6 Å². The molecule has 1 N–H and O–H groups in total. The lowest BCUT2D eigenvalue weighted by atomic mass is 10.2. The van der Waals surface area contributed by atoms with E-state index in [1.54, 1.807) is 0 Å². The standard InChI is InChI=1S/C11H11ClF3NO4S/c1-2-20-10(17)6-16-21(18,19)9-5-7(11(13,14)15)3-4-8(9)12/h3-5,16H,2,6H2,1H3. The summed E-state index contributed by atoms with van der Waals surface area (Å²) in [6.07, 6.45) is -4.71. The fourth-order valence-corrected chi connectivity index (χ4v) is 2.82. The van der Waals surface area contributed by atoms with Crippen molar-refractivity contribution in [2.24, 2.45) is 0 Å². The number of nitrogens with one attached hydrogen (secondary N) is 1. The molecule has 1 aromatic rings. The summed E-state index contributed by atoms with van der Waals surface area (Å²) in [6.45, 7) is 0.865. The highest BCUT2D eigenvalue weighted by atomic mass is 35.5. The summed E-state index contributed by atoms with van der Waals surface area (Å²) in [4.78, 5) is 10.3. The van der Waals surface area contributed by atoms with Gasteiger partial charge in [-0.05, 0) is 25.1 Å². The molecule has 21 heavy (non-hydrogen) atoms. The van der Waals surface area contributed by atoms with Crippen LogP contribution in [0.1, 0.15) is 12.5 Å². The van der Waals surface area contributed by atoms with E-state index in [0.29, 0.717) is 12.1 Å². The smallest absolute Gasteiger partial charge is 0.416 e. The Bertz CT molecular complexity index is 631. The molecule has 0 aromatic heterocycles. The Morgan fingerprint density at radius 3 is 2.52 bits per heavy atom. The highest BCUT2D eigenvalue weighted by Gasteiger charge is 2.32. The summed E-state index contributed by atoms with van der Waals surface area (Å²) in [6, 6.07) is 1.88. The van der Waals surface area contributed by atoms with Gasteiger partial charge in [0.25, 0.3) is 0 Å². The van der Waals surface area contributed by atoms with Crippen molar-refractivity contribution in [3.8, 4) is 0 Å². The molecular formula is C11H11ClF3NO4S. The van der Waals surface area contributed by atoms with Crippen molar-refractivity contribution < 1.29 is 31.1 Å². The molecule has 0 bridgehead atoms. The number of hydrogen-bond donors (Lipinski definition) is 1. The molecule has 0 unspecified atom stereocenters. The molecule has 10 heteroatoms. The maximum atomic E-state index is 12.6. The van der Waals surface area contributed by atoms with Crippen LogP contribution in [0.3, 0.4) is 0 Å². The Kier molecular flexibility index (Phi) is 5.60. The summed E-state index contributed by atoms with van der Waals surface area (Å²) in [5.74, 6) is -0.857. The first-order chi connectivity index (χ1) is 9.58. The van der Waals surface area contributed by atoms with Gasteiger partial charge in [-0.2, -0.15) is 17.9 Å². The first-order valence-electron chi connectivity index (χ1n) is 5.60. The topological polar surface area (TPSA) is 72.5 Å². The minimum Gasteiger partial charge on any atom is -0.465 e. The third-order valence-corrected chi connectivity index (χ3v) is 4.14. The summed E-state index contributed by atoms with van der Waals surface area (Å²) >= 11 is 5.60. The van der Waals surface area contributed by atoms with E-state index >= 15 is 0 Å². The molecule has 0 fully saturated rings. The molecule has 0 aliphatic heterocycles. The Balaban J connectivity index is 3.05. The van der Waals surface area contributed by atoms with E-state index in [9.17, 15) is 26.4 Å². The molecule has 118 valence electrons. The number of hydrogen-bond acceptors (Lipinski definition) is 4. The number of carbonyl (C=O) groups excluding carboxylic acids is 1. The van der Waals surface area contributed by atoms with Crippen LogP contribution < -0.4 is 4.72 Å². The zero-order valence-corrected chi connectivity index (χ0v) is 12.3. The molecule has 0 saturated carbocycles. The third kappa shape index (κ3) is 4.87. The number of rotatable bonds is 5. The van der Waals surface area contributed by atoms with E-state index in [2.05, 4.69) is 4.74 Å². The summed E-state index contributed by atoms with van der Waals surface area (Å²) in [5, 5.41) is -0.389. The normalized spacial score (nSPS) is 12.2. The van der Waals surface area contributed by atoms with Crippen LogP contribution in [0.15, 0.2) is 23.1 Å². The lowest BCUT2D eigenvalue weighted by molar-refractivity contribution is -0.141. The van der Waals surface area contributed by atoms with Gasteiger partial charge in [0.15, 0.2) is 0 Å². The minimum atomic E-state index is -4.71. The van der Waals surface area contributed by atoms with Crippen molar-refractivity contribution in [3.63, 3.8) is 0 Å². The lowest BCUT2D eigenvalue weighted by Gasteiger charge is -2.11. The van der Waals surface area contributed by atoms with Gasteiger partial charge in [-0.1, -0.05) is 11.6 Å². The van der Waals surface area contributed by atoms with Crippen molar-refractivity contribution in [2.45, 2.75) is 18.0 Å². The molecule has 1 aromatic carbocycles. The van der Waals surface area contributed by atoms with Gasteiger partial charge >= 0.3 is 12.1 Å². The monoisotopic (exact) mass is 345 g/mol. The molecule has 0 heterocycles. The zero-order chi connectivity index (χ0) is 16.3. The molecule has 0 aliphatic carbocycles. The number of esters is 1. The summed E-state index contributed by atoms with van der Waals surface area (Å²) < 4.78 is 67.8. The fraction of sp³-hybridized carbons (Fsp3) is 0.364. The number of sulfonamides is 1. The molecule has 0 aliphatic rings. The van der Waals surface area contributed by atoms with Gasteiger partial charge in [0.1, 0.15) is 11.4 Å². The fourth-order valence-electron chi connectivity index (χ4n) is 1.33. The predicted molar refractivity (Wildman–Crippen MR) is 68.3 cm³/mol. The molecule has 0 spiro atoms. The number of ether oxygens (including phenoxy) is 1. The van der Waals surface area contributed by atoms with E-state index in [1.165, 1.54) is 6.92 Å². The van der Waals surface area contributed by atoms with Crippen molar-refractivity contribution in [1.29, 1.82) is 0 Å². The van der Waals surface area contributed by atoms with Gasteiger partial charge in [0, 0.05) is 0 Å². The van der Waals surface area contributed by atoms with Crippen molar-refractivity contribution >= 4 is 27.6 Å². The molecule has 0 amide bonds. The number of halogens is 4. The van der Waals surface area contributed by atoms with Crippen LogP contribution in [0, 0.1) is 0 Å². The Labute approximate surface area is 124 Å². The molecule has 0 atom stereocenters. The van der Waals surface area contributed by atoms with Gasteiger partial charge < -0.3 is 4.74 Å². The summed E-state index contributed by atoms with van der Waals surface area (Å²) in [7, 11) is -4.37. The van der Waals surface area contributed by atoms with Gasteiger partial charge in [0.2, 0.25) is 10.0 Å². The molecular weight excluding hydrogens is 335 g/mol. The van der Waals surface area contributed by atoms with Crippen LogP contribution in [0.2, 0.25) is 5.02 Å². The highest BCUT2D eigenvalue weighted by molar-refractivity contribution is 7.89. The zero-order valence-electron chi connectivity index (χ0n) is 10.7. The molecule has 0 radical (unpaired) electrons. The van der Waals surface area contributed by atoms with Gasteiger partial charge in [-0.3, -0.25) is 4.79 Å². The lowest BCUT2D eigenvalue weighted by Crippen LogP contribution is -2.31. The SMILES string of the molecule is CCOC(=O)CNS(=O)(=O)c1cc(C(F)(F)F)ccc1Cl. The van der Waals surface area contributed by atoms with Crippen LogP contribution in [0.25, 0.3) is 0 Å². The predicted octanol–water partition coefficient (Wildman–Crippen LogP) is 2.20. The van der Waals surface area contributed by atoms with E-state index < -0.39 is 39.2 Å². The van der Waals surface area contributed by atoms with Crippen LogP contribution in [0.4, 0.5) is 13.2 Å². The van der Waals surface area contributed by atoms with Gasteiger partial charge in [-0.25, -0.2) is 8.42 Å². The maximum Gasteiger partial charge on any atom is 0.416 e. The van der Waals surface area contributed by atoms with E-state index in [-0.39, 0.29) is 11.6 Å². The quantitative estimate of drug-likeness (QED) is 0.830. The second-order valence-electron chi connectivity index (χ2n) is 3.77. The third-order valence-electron chi connectivity index (χ3n) is 2.26. The van der Waals surface area contributed by atoms with Crippen LogP contribution in [-0.2, 0) is 25.7 Å². The number of carbonyl (C=O) groups is 1. The highest BCUT2D eigenvalue weighted by Crippen LogP contribution is 2.33. The van der Waals surface area contributed by atoms with Crippen molar-refractivity contribution in [3.05, 3.63) is 28.8 Å². The molecule has 1 rings (SSSR count). The maximum absolute atomic E-state index is 12.6. The largest absolute Gasteiger partial charge is 0.465 e. The Hall–Kier alpha value is -1.32. The number of alkyl halides is 3. The van der Waals surface area contributed by atoms with E-state index in [0.717, 1.165) is 6.07 Å². The number of benzene rings is 1. The summed E-state index contributed by atoms with van der Waals surface area (Å²) in [5.41, 5.74) is -1.16. The molecule has 0 saturated heterocycles. The van der Waals surface area contributed by atoms with E-state index in [1.807, 2.05) is 4.72 Å². The van der Waals surface area contributed by atoms with E-state index in [4.69, 9.17) is 11.6 Å². The van der Waals surface area contributed by atoms with Gasteiger partial charge in [0.05, 0.1) is 17.2 Å². The van der Waals surface area contributed by atoms with Crippen molar-refractivity contribution in [2.75, 3.05) is 13.2 Å². The van der Waals surface area contributed by atoms with Crippen LogP contribution in [-0.4, -0.2) is 27.5 Å². The Morgan fingerprint density at radius 1 is 1.38 bits per heavy atom. The Morgan fingerprint density at radius 2 is 2.00 bits per heavy atom. The van der Waals surface area contributed by atoms with Gasteiger partial charge in [-0.15, -0.1) is 0 Å². The first kappa shape index (κ1) is 17.7. The van der Waals surface area contributed by atoms with Crippen LogP contribution in [0.5, 0.6) is 0 Å². The first-order valence-corrected chi connectivity index (χ1v) is 7.46. The minimum absolute atomic E-state index is 0.0465. The van der Waals surface area contributed by atoms with Crippen molar-refractivity contribution in [1.82, 2.24) is 4.72 Å². The molecule has 5 nitrogen and oxygen atoms in total.